The Morgan fingerprint density at radius 2 is 2.06 bits per heavy atom. The number of hydrogen-bond donors (Lipinski definition) is 1. The fourth-order valence-electron chi connectivity index (χ4n) is 1.28. The van der Waals surface area contributed by atoms with Crippen molar-refractivity contribution in [3.8, 4) is 11.3 Å². The SMILES string of the molecule is Nc1cc(-c2ccc(C(F)F)c(Br)c2)on1. The van der Waals surface area contributed by atoms with Crippen molar-refractivity contribution in [3.05, 3.63) is 34.3 Å². The summed E-state index contributed by atoms with van der Waals surface area (Å²) in [4.78, 5) is 0. The van der Waals surface area contributed by atoms with Gasteiger partial charge in [0.05, 0.1) is 0 Å². The molecule has 2 N–H and O–H groups in total. The second-order valence-electron chi connectivity index (χ2n) is 3.15. The summed E-state index contributed by atoms with van der Waals surface area (Å²) in [5, 5.41) is 3.52. The van der Waals surface area contributed by atoms with Crippen molar-refractivity contribution >= 4 is 21.7 Å². The Labute approximate surface area is 98.4 Å². The van der Waals surface area contributed by atoms with Gasteiger partial charge in [-0.25, -0.2) is 8.78 Å². The quantitative estimate of drug-likeness (QED) is 0.918. The van der Waals surface area contributed by atoms with Gasteiger partial charge in [0.1, 0.15) is 0 Å². The average molecular weight is 289 g/mol. The molecule has 0 saturated carbocycles. The second-order valence-corrected chi connectivity index (χ2v) is 4.01. The minimum atomic E-state index is -2.51. The molecule has 0 radical (unpaired) electrons. The highest BCUT2D eigenvalue weighted by molar-refractivity contribution is 9.10. The maximum absolute atomic E-state index is 12.5. The Morgan fingerprint density at radius 3 is 2.56 bits per heavy atom. The first-order chi connectivity index (χ1) is 7.58. The number of benzene rings is 1. The lowest BCUT2D eigenvalue weighted by molar-refractivity contribution is 0.150. The van der Waals surface area contributed by atoms with Gasteiger partial charge in [-0.05, 0) is 6.07 Å². The number of aromatic nitrogens is 1. The molecule has 0 bridgehead atoms. The number of alkyl halides is 2. The Balaban J connectivity index is 2.42. The van der Waals surface area contributed by atoms with Crippen LogP contribution in [0.2, 0.25) is 0 Å². The molecule has 0 fully saturated rings. The molecule has 2 aromatic rings. The van der Waals surface area contributed by atoms with E-state index in [1.54, 1.807) is 6.07 Å². The number of anilines is 1. The van der Waals surface area contributed by atoms with E-state index < -0.39 is 6.43 Å². The third kappa shape index (κ3) is 2.06. The molecular formula is C10H7BrF2N2O. The maximum atomic E-state index is 12.5. The van der Waals surface area contributed by atoms with Gasteiger partial charge in [-0.3, -0.25) is 0 Å². The van der Waals surface area contributed by atoms with E-state index in [9.17, 15) is 8.78 Å². The first-order valence-corrected chi connectivity index (χ1v) is 5.17. The van der Waals surface area contributed by atoms with E-state index in [2.05, 4.69) is 21.1 Å². The van der Waals surface area contributed by atoms with Gasteiger partial charge >= 0.3 is 0 Å². The molecule has 1 heterocycles. The lowest BCUT2D eigenvalue weighted by atomic mass is 10.1. The average Bonchev–Trinajstić information content (AvgIpc) is 2.64. The van der Waals surface area contributed by atoms with E-state index in [0.717, 1.165) is 0 Å². The van der Waals surface area contributed by atoms with Crippen LogP contribution in [0.1, 0.15) is 12.0 Å². The number of nitrogens with zero attached hydrogens (tertiary/aromatic N) is 1. The number of halogens is 3. The first kappa shape index (κ1) is 11.1. The number of hydrogen-bond acceptors (Lipinski definition) is 3. The van der Waals surface area contributed by atoms with Crippen LogP contribution in [0.3, 0.4) is 0 Å². The Bertz CT molecular complexity index is 513. The molecule has 16 heavy (non-hydrogen) atoms. The van der Waals surface area contributed by atoms with Crippen LogP contribution < -0.4 is 5.73 Å². The molecular weight excluding hydrogens is 282 g/mol. The molecule has 0 unspecified atom stereocenters. The van der Waals surface area contributed by atoms with E-state index in [4.69, 9.17) is 10.3 Å². The van der Waals surface area contributed by atoms with Gasteiger partial charge in [-0.15, -0.1) is 0 Å². The van der Waals surface area contributed by atoms with E-state index in [1.807, 2.05) is 0 Å². The molecule has 0 saturated heterocycles. The number of rotatable bonds is 2. The normalized spacial score (nSPS) is 11.0. The molecule has 6 heteroatoms. The monoisotopic (exact) mass is 288 g/mol. The topological polar surface area (TPSA) is 52.0 Å². The summed E-state index contributed by atoms with van der Waals surface area (Å²) in [5.41, 5.74) is 5.98. The van der Waals surface area contributed by atoms with Crippen molar-refractivity contribution in [3.63, 3.8) is 0 Å². The summed E-state index contributed by atoms with van der Waals surface area (Å²) in [7, 11) is 0. The lowest BCUT2D eigenvalue weighted by Gasteiger charge is -2.04. The Hall–Kier alpha value is -1.43. The molecule has 0 aliphatic carbocycles. The smallest absolute Gasteiger partial charge is 0.264 e. The lowest BCUT2D eigenvalue weighted by Crippen LogP contribution is -1.86. The highest BCUT2D eigenvalue weighted by Crippen LogP contribution is 2.31. The van der Waals surface area contributed by atoms with E-state index in [-0.39, 0.29) is 11.4 Å². The van der Waals surface area contributed by atoms with Gasteiger partial charge in [0.15, 0.2) is 11.6 Å². The fourth-order valence-corrected chi connectivity index (χ4v) is 1.83. The van der Waals surface area contributed by atoms with Crippen LogP contribution in [0, 0.1) is 0 Å². The standard InChI is InChI=1S/C10H7BrF2N2O/c11-7-3-5(1-2-6(7)10(12)13)8-4-9(14)15-16-8/h1-4,10H,(H2,14,15). The van der Waals surface area contributed by atoms with Gasteiger partial charge < -0.3 is 10.3 Å². The van der Waals surface area contributed by atoms with Crippen molar-refractivity contribution in [1.82, 2.24) is 5.16 Å². The molecule has 1 aromatic heterocycles. The zero-order valence-corrected chi connectivity index (χ0v) is 9.54. The van der Waals surface area contributed by atoms with Crippen LogP contribution >= 0.6 is 15.9 Å². The van der Waals surface area contributed by atoms with Gasteiger partial charge in [0, 0.05) is 21.7 Å². The van der Waals surface area contributed by atoms with Crippen LogP contribution in [0.5, 0.6) is 0 Å². The minimum absolute atomic E-state index is 0.0590. The zero-order chi connectivity index (χ0) is 11.7. The summed E-state index contributed by atoms with van der Waals surface area (Å²) >= 11 is 3.08. The van der Waals surface area contributed by atoms with Crippen LogP contribution in [-0.2, 0) is 0 Å². The molecule has 0 spiro atoms. The molecule has 2 rings (SSSR count). The predicted molar refractivity (Wildman–Crippen MR) is 59.0 cm³/mol. The van der Waals surface area contributed by atoms with Crippen LogP contribution in [-0.4, -0.2) is 5.16 Å². The Kier molecular flexibility index (Phi) is 2.91. The van der Waals surface area contributed by atoms with Gasteiger partial charge in [0.2, 0.25) is 0 Å². The van der Waals surface area contributed by atoms with Crippen molar-refractivity contribution in [1.29, 1.82) is 0 Å². The summed E-state index contributed by atoms with van der Waals surface area (Å²) in [6.07, 6.45) is -2.51. The number of nitrogens with two attached hydrogens (primary N) is 1. The van der Waals surface area contributed by atoms with E-state index >= 15 is 0 Å². The molecule has 1 aromatic carbocycles. The van der Waals surface area contributed by atoms with Gasteiger partial charge in [-0.1, -0.05) is 33.2 Å². The molecule has 3 nitrogen and oxygen atoms in total. The van der Waals surface area contributed by atoms with Gasteiger partial charge in [-0.2, -0.15) is 0 Å². The molecule has 0 aliphatic heterocycles. The number of nitrogen functional groups attached to an aromatic ring is 1. The molecule has 0 atom stereocenters. The third-order valence-corrected chi connectivity index (χ3v) is 2.74. The van der Waals surface area contributed by atoms with Crippen molar-refractivity contribution < 1.29 is 13.3 Å². The van der Waals surface area contributed by atoms with Crippen LogP contribution in [0.25, 0.3) is 11.3 Å². The molecule has 0 aliphatic rings. The fraction of sp³-hybridized carbons (Fsp3) is 0.100. The highest BCUT2D eigenvalue weighted by atomic mass is 79.9. The van der Waals surface area contributed by atoms with E-state index in [1.165, 1.54) is 18.2 Å². The highest BCUT2D eigenvalue weighted by Gasteiger charge is 2.13. The minimum Gasteiger partial charge on any atom is -0.381 e. The zero-order valence-electron chi connectivity index (χ0n) is 7.95. The summed E-state index contributed by atoms with van der Waals surface area (Å²) in [6.45, 7) is 0. The molecule has 84 valence electrons. The Morgan fingerprint density at radius 1 is 1.31 bits per heavy atom. The maximum Gasteiger partial charge on any atom is 0.264 e. The molecule has 0 amide bonds. The van der Waals surface area contributed by atoms with Crippen LogP contribution in [0.15, 0.2) is 33.3 Å². The predicted octanol–water partition coefficient (Wildman–Crippen LogP) is 3.62. The first-order valence-electron chi connectivity index (χ1n) is 4.38. The van der Waals surface area contributed by atoms with Crippen molar-refractivity contribution in [2.75, 3.05) is 5.73 Å². The summed E-state index contributed by atoms with van der Waals surface area (Å²) < 4.78 is 30.2. The summed E-state index contributed by atoms with van der Waals surface area (Å²) in [6, 6.07) is 5.94. The van der Waals surface area contributed by atoms with E-state index in [0.29, 0.717) is 15.8 Å². The van der Waals surface area contributed by atoms with Crippen LogP contribution in [0.4, 0.5) is 14.6 Å². The van der Waals surface area contributed by atoms with Gasteiger partial charge in [0.25, 0.3) is 6.43 Å². The van der Waals surface area contributed by atoms with Crippen molar-refractivity contribution in [2.45, 2.75) is 6.43 Å². The largest absolute Gasteiger partial charge is 0.381 e. The van der Waals surface area contributed by atoms with Crippen molar-refractivity contribution in [2.24, 2.45) is 0 Å². The summed E-state index contributed by atoms with van der Waals surface area (Å²) in [5.74, 6) is 0.697. The second kappa shape index (κ2) is 4.21. The third-order valence-electron chi connectivity index (χ3n) is 2.05.